The molecule has 0 aliphatic rings. The molecule has 0 heterocycles. The van der Waals surface area contributed by atoms with Crippen LogP contribution in [-0.4, -0.2) is 23.5 Å². The zero-order chi connectivity index (χ0) is 16.5. The van der Waals surface area contributed by atoms with Crippen LogP contribution in [0.2, 0.25) is 0 Å². The molecule has 6 nitrogen and oxygen atoms in total. The van der Waals surface area contributed by atoms with Crippen molar-refractivity contribution in [2.75, 3.05) is 6.54 Å². The number of hydrogen-bond donors (Lipinski definition) is 2. The Bertz CT molecular complexity index is 503. The van der Waals surface area contributed by atoms with Gasteiger partial charge in [-0.3, -0.25) is 10.1 Å². The van der Waals surface area contributed by atoms with E-state index < -0.39 is 4.92 Å². The summed E-state index contributed by atoms with van der Waals surface area (Å²) < 4.78 is 0. The highest BCUT2D eigenvalue weighted by Gasteiger charge is 2.09. The zero-order valence-electron chi connectivity index (χ0n) is 14.2. The maximum absolute atomic E-state index is 10.6. The van der Waals surface area contributed by atoms with Crippen molar-refractivity contribution in [3.63, 3.8) is 0 Å². The number of benzene rings is 1. The van der Waals surface area contributed by atoms with E-state index in [9.17, 15) is 10.1 Å². The van der Waals surface area contributed by atoms with Gasteiger partial charge in [-0.15, -0.1) is 24.0 Å². The van der Waals surface area contributed by atoms with Gasteiger partial charge < -0.3 is 10.6 Å². The van der Waals surface area contributed by atoms with Crippen LogP contribution in [0.1, 0.15) is 39.7 Å². The molecule has 1 unspecified atom stereocenters. The lowest BCUT2D eigenvalue weighted by Gasteiger charge is -2.21. The van der Waals surface area contributed by atoms with E-state index in [2.05, 4.69) is 43.3 Å². The first-order chi connectivity index (χ1) is 10.4. The van der Waals surface area contributed by atoms with Gasteiger partial charge in [0.15, 0.2) is 5.96 Å². The molecule has 0 bridgehead atoms. The molecule has 1 aromatic carbocycles. The Morgan fingerprint density at radius 2 is 1.87 bits per heavy atom. The Morgan fingerprint density at radius 3 is 2.35 bits per heavy atom. The lowest BCUT2D eigenvalue weighted by molar-refractivity contribution is -0.384. The van der Waals surface area contributed by atoms with Crippen molar-refractivity contribution in [2.24, 2.45) is 10.9 Å². The summed E-state index contributed by atoms with van der Waals surface area (Å²) in [7, 11) is 0. The lowest BCUT2D eigenvalue weighted by Crippen LogP contribution is -2.44. The molecule has 0 aromatic heterocycles. The summed E-state index contributed by atoms with van der Waals surface area (Å²) in [6.45, 7) is 9.89. The van der Waals surface area contributed by atoms with Crippen molar-refractivity contribution in [3.8, 4) is 0 Å². The molecule has 130 valence electrons. The maximum Gasteiger partial charge on any atom is 0.269 e. The Hall–Kier alpha value is -1.38. The van der Waals surface area contributed by atoms with E-state index in [1.54, 1.807) is 12.1 Å². The number of rotatable bonds is 7. The molecule has 23 heavy (non-hydrogen) atoms. The van der Waals surface area contributed by atoms with Crippen molar-refractivity contribution in [3.05, 3.63) is 39.9 Å². The molecular weight excluding hydrogens is 407 g/mol. The molecule has 7 heteroatoms. The maximum atomic E-state index is 10.6. The highest BCUT2D eigenvalue weighted by molar-refractivity contribution is 14.0. The number of nitro groups is 1. The van der Waals surface area contributed by atoms with Crippen LogP contribution in [0.3, 0.4) is 0 Å². The van der Waals surface area contributed by atoms with Gasteiger partial charge in [-0.1, -0.05) is 32.9 Å². The predicted molar refractivity (Wildman–Crippen MR) is 105 cm³/mol. The summed E-state index contributed by atoms with van der Waals surface area (Å²) >= 11 is 0. The second kappa shape index (κ2) is 11.2. The molecule has 0 aliphatic heterocycles. The first-order valence-electron chi connectivity index (χ1n) is 7.72. The minimum Gasteiger partial charge on any atom is -0.356 e. The van der Waals surface area contributed by atoms with E-state index in [-0.39, 0.29) is 29.7 Å². The molecule has 0 spiro atoms. The van der Waals surface area contributed by atoms with E-state index in [0.29, 0.717) is 18.5 Å². The van der Waals surface area contributed by atoms with E-state index >= 15 is 0 Å². The average molecular weight is 434 g/mol. The smallest absolute Gasteiger partial charge is 0.269 e. The number of halogens is 1. The minimum absolute atomic E-state index is 0. The number of guanidine groups is 1. The summed E-state index contributed by atoms with van der Waals surface area (Å²) in [4.78, 5) is 14.8. The highest BCUT2D eigenvalue weighted by atomic mass is 127. The van der Waals surface area contributed by atoms with Gasteiger partial charge in [-0.25, -0.2) is 4.99 Å². The van der Waals surface area contributed by atoms with Crippen LogP contribution in [0.15, 0.2) is 29.3 Å². The standard InChI is InChI=1S/C16H26N4O2.HI/c1-5-10-17-16(19-13(4)12(2)3)18-11-14-6-8-15(9-7-14)20(21)22;/h6-9,12-13H,5,10-11H2,1-4H3,(H2,17,18,19);1H. The van der Waals surface area contributed by atoms with E-state index in [1.165, 1.54) is 12.1 Å². The predicted octanol–water partition coefficient (Wildman–Crippen LogP) is 3.70. The SMILES string of the molecule is CCCNC(=NCc1ccc([N+](=O)[O-])cc1)NC(C)C(C)C.I. The van der Waals surface area contributed by atoms with Crippen molar-refractivity contribution in [1.82, 2.24) is 10.6 Å². The topological polar surface area (TPSA) is 79.6 Å². The second-order valence-electron chi connectivity index (χ2n) is 5.69. The van der Waals surface area contributed by atoms with Crippen LogP contribution < -0.4 is 10.6 Å². The van der Waals surface area contributed by atoms with Gasteiger partial charge in [0, 0.05) is 24.7 Å². The molecule has 0 fully saturated rings. The van der Waals surface area contributed by atoms with Gasteiger partial charge in [-0.05, 0) is 24.8 Å². The number of aliphatic imine (C=N–C) groups is 1. The Labute approximate surface area is 155 Å². The highest BCUT2D eigenvalue weighted by Crippen LogP contribution is 2.12. The number of nitrogens with zero attached hydrogens (tertiary/aromatic N) is 2. The molecule has 1 aromatic rings. The third kappa shape index (κ3) is 8.15. The quantitative estimate of drug-likeness (QED) is 0.226. The molecule has 0 amide bonds. The van der Waals surface area contributed by atoms with E-state index in [4.69, 9.17) is 0 Å². The van der Waals surface area contributed by atoms with Crippen molar-refractivity contribution in [2.45, 2.75) is 46.7 Å². The molecule has 0 saturated carbocycles. The van der Waals surface area contributed by atoms with Crippen LogP contribution in [0, 0.1) is 16.0 Å². The fraction of sp³-hybridized carbons (Fsp3) is 0.562. The van der Waals surface area contributed by atoms with Gasteiger partial charge in [0.1, 0.15) is 0 Å². The molecule has 0 radical (unpaired) electrons. The summed E-state index contributed by atoms with van der Waals surface area (Å²) in [5.74, 6) is 1.29. The Kier molecular flexibility index (Phi) is 10.5. The van der Waals surface area contributed by atoms with Gasteiger partial charge in [-0.2, -0.15) is 0 Å². The van der Waals surface area contributed by atoms with Crippen LogP contribution in [0.5, 0.6) is 0 Å². The first kappa shape index (κ1) is 21.6. The number of hydrogen-bond acceptors (Lipinski definition) is 3. The molecule has 1 atom stereocenters. The van der Waals surface area contributed by atoms with Gasteiger partial charge in [0.25, 0.3) is 5.69 Å². The fourth-order valence-corrected chi connectivity index (χ4v) is 1.67. The fourth-order valence-electron chi connectivity index (χ4n) is 1.67. The monoisotopic (exact) mass is 434 g/mol. The van der Waals surface area contributed by atoms with Crippen LogP contribution >= 0.6 is 24.0 Å². The largest absolute Gasteiger partial charge is 0.356 e. The molecule has 0 aliphatic carbocycles. The average Bonchev–Trinajstić information content (AvgIpc) is 2.50. The van der Waals surface area contributed by atoms with Crippen LogP contribution in [0.25, 0.3) is 0 Å². The Balaban J connectivity index is 0.00000484. The molecule has 1 rings (SSSR count). The summed E-state index contributed by atoms with van der Waals surface area (Å²) in [5.41, 5.74) is 1.05. The normalized spacial score (nSPS) is 12.5. The minimum atomic E-state index is -0.396. The number of non-ortho nitro benzene ring substituents is 1. The van der Waals surface area contributed by atoms with E-state index in [1.807, 2.05) is 0 Å². The third-order valence-electron chi connectivity index (χ3n) is 3.47. The second-order valence-corrected chi connectivity index (χ2v) is 5.69. The van der Waals surface area contributed by atoms with Gasteiger partial charge >= 0.3 is 0 Å². The number of nitrogens with one attached hydrogen (secondary N) is 2. The first-order valence-corrected chi connectivity index (χ1v) is 7.72. The zero-order valence-corrected chi connectivity index (χ0v) is 16.5. The van der Waals surface area contributed by atoms with E-state index in [0.717, 1.165) is 24.5 Å². The summed E-state index contributed by atoms with van der Waals surface area (Å²) in [6, 6.07) is 6.82. The van der Waals surface area contributed by atoms with Gasteiger partial charge in [0.05, 0.1) is 11.5 Å². The van der Waals surface area contributed by atoms with Crippen LogP contribution in [-0.2, 0) is 6.54 Å². The summed E-state index contributed by atoms with van der Waals surface area (Å²) in [6.07, 6.45) is 1.02. The molecule has 2 N–H and O–H groups in total. The van der Waals surface area contributed by atoms with Crippen molar-refractivity contribution in [1.29, 1.82) is 0 Å². The summed E-state index contributed by atoms with van der Waals surface area (Å²) in [5, 5.41) is 17.3. The lowest BCUT2D eigenvalue weighted by atomic mass is 10.1. The van der Waals surface area contributed by atoms with Crippen molar-refractivity contribution < 1.29 is 4.92 Å². The number of nitro benzene ring substituents is 1. The molecule has 0 saturated heterocycles. The third-order valence-corrected chi connectivity index (χ3v) is 3.47. The van der Waals surface area contributed by atoms with Crippen molar-refractivity contribution >= 4 is 35.6 Å². The van der Waals surface area contributed by atoms with Gasteiger partial charge in [0.2, 0.25) is 0 Å². The van der Waals surface area contributed by atoms with Crippen LogP contribution in [0.4, 0.5) is 5.69 Å². The molecular formula is C16H27IN4O2. The Morgan fingerprint density at radius 1 is 1.26 bits per heavy atom.